The topological polar surface area (TPSA) is 27.1 Å². The first-order valence-electron chi connectivity index (χ1n) is 8.77. The molecular formula is C18H33FN2O. The van der Waals surface area contributed by atoms with E-state index in [4.69, 9.17) is 4.74 Å². The van der Waals surface area contributed by atoms with E-state index >= 15 is 0 Å². The van der Waals surface area contributed by atoms with Crippen LogP contribution in [0.4, 0.5) is 4.39 Å². The van der Waals surface area contributed by atoms with Crippen LogP contribution in [0.1, 0.15) is 84.1 Å². The molecule has 0 saturated heterocycles. The second-order valence-electron chi connectivity index (χ2n) is 6.63. The second-order valence-corrected chi connectivity index (χ2v) is 6.63. The van der Waals surface area contributed by atoms with E-state index < -0.39 is 0 Å². The van der Waals surface area contributed by atoms with Gasteiger partial charge in [0.1, 0.15) is 0 Å². The van der Waals surface area contributed by atoms with Crippen molar-refractivity contribution in [3.8, 4) is 5.88 Å². The van der Waals surface area contributed by atoms with Crippen molar-refractivity contribution in [2.24, 2.45) is 7.05 Å². The van der Waals surface area contributed by atoms with E-state index in [1.54, 1.807) is 14.2 Å². The highest BCUT2D eigenvalue weighted by Crippen LogP contribution is 2.41. The molecule has 1 unspecified atom stereocenters. The van der Waals surface area contributed by atoms with Crippen molar-refractivity contribution in [1.29, 1.82) is 0 Å². The maximum absolute atomic E-state index is 14.4. The predicted octanol–water partition coefficient (Wildman–Crippen LogP) is 5.38. The zero-order valence-corrected chi connectivity index (χ0v) is 15.0. The molecule has 0 bridgehead atoms. The van der Waals surface area contributed by atoms with Crippen LogP contribution in [0.3, 0.4) is 0 Å². The van der Waals surface area contributed by atoms with E-state index in [0.717, 1.165) is 25.7 Å². The zero-order valence-electron chi connectivity index (χ0n) is 15.0. The first-order chi connectivity index (χ1) is 10.5. The molecule has 0 radical (unpaired) electrons. The Hall–Kier alpha value is -1.06. The lowest BCUT2D eigenvalue weighted by atomic mass is 9.75. The number of halogens is 1. The molecular weight excluding hydrogens is 279 g/mol. The van der Waals surface area contributed by atoms with Crippen LogP contribution in [-0.2, 0) is 12.5 Å². The average Bonchev–Trinajstić information content (AvgIpc) is 2.78. The van der Waals surface area contributed by atoms with Crippen molar-refractivity contribution in [3.63, 3.8) is 0 Å². The van der Waals surface area contributed by atoms with E-state index in [0.29, 0.717) is 11.4 Å². The van der Waals surface area contributed by atoms with E-state index in [1.165, 1.54) is 36.8 Å². The van der Waals surface area contributed by atoms with Crippen LogP contribution in [0.25, 0.3) is 0 Å². The maximum Gasteiger partial charge on any atom is 0.240 e. The monoisotopic (exact) mass is 312 g/mol. The number of rotatable bonds is 11. The van der Waals surface area contributed by atoms with Crippen LogP contribution in [0.5, 0.6) is 5.88 Å². The minimum atomic E-state index is -0.367. The number of methoxy groups -OCH3 is 1. The van der Waals surface area contributed by atoms with Crippen LogP contribution in [-0.4, -0.2) is 16.9 Å². The fourth-order valence-electron chi connectivity index (χ4n) is 3.30. The van der Waals surface area contributed by atoms with E-state index in [-0.39, 0.29) is 11.4 Å². The van der Waals surface area contributed by atoms with Gasteiger partial charge in [0.2, 0.25) is 11.8 Å². The Labute approximate surface area is 135 Å². The summed E-state index contributed by atoms with van der Waals surface area (Å²) in [6.45, 7) is 6.59. The third-order valence-corrected chi connectivity index (χ3v) is 4.66. The molecule has 0 aliphatic heterocycles. The summed E-state index contributed by atoms with van der Waals surface area (Å²) >= 11 is 0. The molecule has 1 atom stereocenters. The van der Waals surface area contributed by atoms with E-state index in [9.17, 15) is 4.39 Å². The summed E-state index contributed by atoms with van der Waals surface area (Å²) in [6, 6.07) is 0. The molecule has 3 nitrogen and oxygen atoms in total. The van der Waals surface area contributed by atoms with Gasteiger partial charge in [-0.25, -0.2) is 4.68 Å². The number of ether oxygens (including phenoxy) is 1. The van der Waals surface area contributed by atoms with Gasteiger partial charge < -0.3 is 4.74 Å². The molecule has 0 spiro atoms. The highest BCUT2D eigenvalue weighted by Gasteiger charge is 2.35. The van der Waals surface area contributed by atoms with Gasteiger partial charge >= 0.3 is 0 Å². The van der Waals surface area contributed by atoms with Crippen LogP contribution < -0.4 is 4.74 Å². The number of nitrogens with zero attached hydrogens (tertiary/aromatic N) is 2. The molecule has 0 aromatic carbocycles. The smallest absolute Gasteiger partial charge is 0.240 e. The van der Waals surface area contributed by atoms with Crippen molar-refractivity contribution in [3.05, 3.63) is 11.5 Å². The van der Waals surface area contributed by atoms with Crippen molar-refractivity contribution in [1.82, 2.24) is 9.78 Å². The van der Waals surface area contributed by atoms with Crippen molar-refractivity contribution >= 4 is 0 Å². The molecule has 0 saturated carbocycles. The fourth-order valence-corrected chi connectivity index (χ4v) is 3.30. The molecule has 0 aliphatic carbocycles. The van der Waals surface area contributed by atoms with Crippen molar-refractivity contribution < 1.29 is 9.13 Å². The van der Waals surface area contributed by atoms with Gasteiger partial charge in [-0.1, -0.05) is 65.7 Å². The Kier molecular flexibility index (Phi) is 7.91. The summed E-state index contributed by atoms with van der Waals surface area (Å²) in [5.41, 5.74) is 0.483. The standard InChI is InChI=1S/C18H33FN2O/c1-6-8-10-12-14-18(3,13-11-9-7-2)15-16(19)20-21(4)17(15)22-5/h6-14H2,1-5H3. The third-order valence-electron chi connectivity index (χ3n) is 4.66. The zero-order chi connectivity index (χ0) is 16.6. The molecule has 1 aromatic heterocycles. The number of hydrogen-bond donors (Lipinski definition) is 0. The van der Waals surface area contributed by atoms with Gasteiger partial charge in [-0.3, -0.25) is 0 Å². The van der Waals surface area contributed by atoms with Gasteiger partial charge in [0.25, 0.3) is 0 Å². The van der Waals surface area contributed by atoms with Crippen LogP contribution in [0.2, 0.25) is 0 Å². The first kappa shape index (κ1) is 19.0. The Morgan fingerprint density at radius 1 is 1.05 bits per heavy atom. The van der Waals surface area contributed by atoms with Gasteiger partial charge in [0.05, 0.1) is 12.7 Å². The number of aryl methyl sites for hydroxylation is 1. The summed E-state index contributed by atoms with van der Waals surface area (Å²) in [7, 11) is 3.35. The van der Waals surface area contributed by atoms with Gasteiger partial charge in [0.15, 0.2) is 0 Å². The Morgan fingerprint density at radius 2 is 1.59 bits per heavy atom. The predicted molar refractivity (Wildman–Crippen MR) is 90.0 cm³/mol. The third kappa shape index (κ3) is 4.72. The largest absolute Gasteiger partial charge is 0.481 e. The summed E-state index contributed by atoms with van der Waals surface area (Å²) in [5, 5.41) is 3.95. The normalized spacial score (nSPS) is 14.1. The summed E-state index contributed by atoms with van der Waals surface area (Å²) in [6.07, 6.45) is 10.3. The fraction of sp³-hybridized carbons (Fsp3) is 0.833. The number of aromatic nitrogens is 2. The molecule has 4 heteroatoms. The van der Waals surface area contributed by atoms with Crippen LogP contribution >= 0.6 is 0 Å². The minimum Gasteiger partial charge on any atom is -0.481 e. The van der Waals surface area contributed by atoms with E-state index in [2.05, 4.69) is 25.9 Å². The Bertz CT molecular complexity index is 445. The lowest BCUT2D eigenvalue weighted by Gasteiger charge is -2.30. The highest BCUT2D eigenvalue weighted by atomic mass is 19.1. The van der Waals surface area contributed by atoms with Gasteiger partial charge in [-0.15, -0.1) is 5.10 Å². The number of hydrogen-bond acceptors (Lipinski definition) is 2. The molecule has 0 aliphatic rings. The molecule has 128 valence electrons. The minimum absolute atomic E-state index is 0.188. The highest BCUT2D eigenvalue weighted by molar-refractivity contribution is 5.33. The van der Waals surface area contributed by atoms with Crippen molar-refractivity contribution in [2.45, 2.75) is 84.0 Å². The quantitative estimate of drug-likeness (QED) is 0.513. The summed E-state index contributed by atoms with van der Waals surface area (Å²) in [4.78, 5) is 0. The molecule has 1 heterocycles. The Balaban J connectivity index is 2.97. The molecule has 0 N–H and O–H groups in total. The van der Waals surface area contributed by atoms with Gasteiger partial charge in [-0.05, 0) is 12.8 Å². The number of unbranched alkanes of at least 4 members (excludes halogenated alkanes) is 5. The maximum atomic E-state index is 14.4. The molecule has 1 rings (SSSR count). The summed E-state index contributed by atoms with van der Waals surface area (Å²) < 4.78 is 21.4. The average molecular weight is 312 g/mol. The molecule has 1 aromatic rings. The molecule has 0 amide bonds. The first-order valence-corrected chi connectivity index (χ1v) is 8.77. The molecule has 0 fully saturated rings. The summed E-state index contributed by atoms with van der Waals surface area (Å²) in [5.74, 6) is 0.209. The lowest BCUT2D eigenvalue weighted by molar-refractivity contribution is 0.320. The lowest BCUT2D eigenvalue weighted by Crippen LogP contribution is -2.24. The Morgan fingerprint density at radius 3 is 2.14 bits per heavy atom. The van der Waals surface area contributed by atoms with Crippen molar-refractivity contribution in [2.75, 3.05) is 7.11 Å². The van der Waals surface area contributed by atoms with Gasteiger partial charge in [0, 0.05) is 12.5 Å². The van der Waals surface area contributed by atoms with Gasteiger partial charge in [-0.2, -0.15) is 4.39 Å². The van der Waals surface area contributed by atoms with Crippen LogP contribution in [0, 0.1) is 5.95 Å². The van der Waals surface area contributed by atoms with Crippen LogP contribution in [0.15, 0.2) is 0 Å². The SMILES string of the molecule is CCCCCCC(C)(CCCCC)c1c(F)nn(C)c1OC. The second kappa shape index (κ2) is 9.16. The molecule has 22 heavy (non-hydrogen) atoms. The van der Waals surface area contributed by atoms with E-state index in [1.807, 2.05) is 0 Å².